The smallest absolute Gasteiger partial charge is 0.285 e. The summed E-state index contributed by atoms with van der Waals surface area (Å²) >= 11 is 0. The second kappa shape index (κ2) is 7.17. The highest BCUT2D eigenvalue weighted by Crippen LogP contribution is 2.33. The fourth-order valence-electron chi connectivity index (χ4n) is 3.74. The topological polar surface area (TPSA) is 105 Å². The lowest BCUT2D eigenvalue weighted by Gasteiger charge is -2.27. The predicted molar refractivity (Wildman–Crippen MR) is 101 cm³/mol. The number of hydrogen-bond acceptors (Lipinski definition) is 5. The molecule has 2 aliphatic heterocycles. The zero-order valence-corrected chi connectivity index (χ0v) is 15.9. The van der Waals surface area contributed by atoms with Gasteiger partial charge in [0.1, 0.15) is 10.9 Å². The summed E-state index contributed by atoms with van der Waals surface area (Å²) < 4.78 is 28.5. The number of hydrogen-bond donors (Lipinski definition) is 2. The maximum atomic E-state index is 12.8. The van der Waals surface area contributed by atoms with Crippen LogP contribution in [0.1, 0.15) is 31.2 Å². The van der Waals surface area contributed by atoms with E-state index in [-0.39, 0.29) is 29.3 Å². The molecule has 1 aliphatic carbocycles. The van der Waals surface area contributed by atoms with E-state index in [2.05, 4.69) is 9.71 Å². The molecular formula is C17H23ClN4O3S. The van der Waals surface area contributed by atoms with Crippen molar-refractivity contribution >= 4 is 34.2 Å². The average molecular weight is 399 g/mol. The molecule has 0 aromatic heterocycles. The molecule has 9 heteroatoms. The molecule has 3 aliphatic rings. The Morgan fingerprint density at radius 2 is 2.04 bits per heavy atom. The second-order valence-corrected chi connectivity index (χ2v) is 8.50. The van der Waals surface area contributed by atoms with Crippen LogP contribution < -0.4 is 11.1 Å². The first-order chi connectivity index (χ1) is 12.0. The van der Waals surface area contributed by atoms with Crippen LogP contribution >= 0.6 is 12.4 Å². The number of nitrogens with one attached hydrogen (secondary N) is 1. The van der Waals surface area contributed by atoms with Crippen LogP contribution in [-0.4, -0.2) is 50.2 Å². The Labute approximate surface area is 159 Å². The van der Waals surface area contributed by atoms with Gasteiger partial charge >= 0.3 is 0 Å². The van der Waals surface area contributed by atoms with Crippen molar-refractivity contribution in [2.45, 2.75) is 42.7 Å². The lowest BCUT2D eigenvalue weighted by molar-refractivity contribution is -0.125. The molecule has 0 bridgehead atoms. The molecule has 3 N–H and O–H groups in total. The van der Waals surface area contributed by atoms with Gasteiger partial charge in [0.2, 0.25) is 5.91 Å². The normalized spacial score (nSPS) is 24.4. The molecule has 2 heterocycles. The summed E-state index contributed by atoms with van der Waals surface area (Å²) in [5, 5.41) is 3.06. The summed E-state index contributed by atoms with van der Waals surface area (Å²) in [7, 11) is -3.68. The Hall–Kier alpha value is -1.64. The van der Waals surface area contributed by atoms with Crippen LogP contribution in [0.15, 0.2) is 33.6 Å². The molecule has 1 aromatic carbocycles. The van der Waals surface area contributed by atoms with E-state index >= 15 is 0 Å². The number of rotatable bonds is 4. The number of halogens is 1. The number of nitrogens with two attached hydrogens (primary N) is 1. The van der Waals surface area contributed by atoms with Crippen molar-refractivity contribution in [3.8, 4) is 0 Å². The van der Waals surface area contributed by atoms with Gasteiger partial charge in [-0.3, -0.25) is 4.79 Å². The number of amides is 1. The highest BCUT2D eigenvalue weighted by molar-refractivity contribution is 7.90. The molecule has 4 rings (SSSR count). The van der Waals surface area contributed by atoms with Crippen LogP contribution in [0, 0.1) is 5.92 Å². The molecule has 0 radical (unpaired) electrons. The van der Waals surface area contributed by atoms with Crippen LogP contribution in [-0.2, 0) is 14.8 Å². The minimum atomic E-state index is -3.68. The summed E-state index contributed by atoms with van der Waals surface area (Å²) in [5.41, 5.74) is 6.37. The SMILES string of the molecule is Cl.NCC(NC(=O)C1CCCN1C1=NS(=O)(=O)c2ccccc21)C1CC1. The third-order valence-corrected chi connectivity index (χ3v) is 6.54. The van der Waals surface area contributed by atoms with Crippen LogP contribution in [0.2, 0.25) is 0 Å². The molecule has 2 fully saturated rings. The minimum Gasteiger partial charge on any atom is -0.350 e. The standard InChI is InChI=1S/C17H22N4O3S.ClH/c18-10-13(11-7-8-11)19-17(22)14-5-3-9-21(14)16-12-4-1-2-6-15(12)25(23,24)20-16;/h1-2,4,6,11,13-14H,3,5,7-10,18H2,(H,19,22);1H. The summed E-state index contributed by atoms with van der Waals surface area (Å²) in [6, 6.07) is 6.40. The average Bonchev–Trinajstić information content (AvgIpc) is 3.26. The van der Waals surface area contributed by atoms with Gasteiger partial charge in [-0.15, -0.1) is 16.8 Å². The van der Waals surface area contributed by atoms with E-state index < -0.39 is 16.1 Å². The zero-order chi connectivity index (χ0) is 17.6. The maximum Gasteiger partial charge on any atom is 0.285 e. The Balaban J connectivity index is 0.00000196. The monoisotopic (exact) mass is 398 g/mol. The number of sulfonamides is 1. The van der Waals surface area contributed by atoms with Gasteiger partial charge in [-0.1, -0.05) is 12.1 Å². The molecule has 0 spiro atoms. The number of nitrogens with zero attached hydrogens (tertiary/aromatic N) is 2. The summed E-state index contributed by atoms with van der Waals surface area (Å²) in [6.07, 6.45) is 3.73. The Morgan fingerprint density at radius 3 is 2.73 bits per heavy atom. The van der Waals surface area contributed by atoms with Gasteiger partial charge in [-0.05, 0) is 43.7 Å². The molecular weight excluding hydrogens is 376 g/mol. The Bertz CT molecular complexity index is 838. The molecule has 1 saturated carbocycles. The van der Waals surface area contributed by atoms with Gasteiger partial charge in [0.15, 0.2) is 5.84 Å². The summed E-state index contributed by atoms with van der Waals surface area (Å²) in [6.45, 7) is 1.05. The van der Waals surface area contributed by atoms with Gasteiger partial charge in [0, 0.05) is 24.7 Å². The van der Waals surface area contributed by atoms with Gasteiger partial charge in [0.25, 0.3) is 10.0 Å². The van der Waals surface area contributed by atoms with Crippen molar-refractivity contribution in [2.24, 2.45) is 16.0 Å². The highest BCUT2D eigenvalue weighted by atomic mass is 35.5. The minimum absolute atomic E-state index is 0. The molecule has 7 nitrogen and oxygen atoms in total. The van der Waals surface area contributed by atoms with Crippen molar-refractivity contribution in [3.05, 3.63) is 29.8 Å². The molecule has 1 amide bonds. The number of carbonyl (C=O) groups is 1. The summed E-state index contributed by atoms with van der Waals surface area (Å²) in [5.74, 6) is 0.794. The van der Waals surface area contributed by atoms with E-state index in [0.717, 1.165) is 19.3 Å². The van der Waals surface area contributed by atoms with E-state index in [4.69, 9.17) is 5.73 Å². The van der Waals surface area contributed by atoms with E-state index in [9.17, 15) is 13.2 Å². The zero-order valence-electron chi connectivity index (χ0n) is 14.3. The molecule has 2 atom stereocenters. The van der Waals surface area contributed by atoms with Gasteiger partial charge in [-0.2, -0.15) is 8.42 Å². The lowest BCUT2D eigenvalue weighted by atomic mass is 10.1. The number of fused-ring (bicyclic) bond motifs is 1. The lowest BCUT2D eigenvalue weighted by Crippen LogP contribution is -2.51. The van der Waals surface area contributed by atoms with Crippen molar-refractivity contribution in [2.75, 3.05) is 13.1 Å². The van der Waals surface area contributed by atoms with E-state index in [1.54, 1.807) is 24.3 Å². The first-order valence-electron chi connectivity index (χ1n) is 8.73. The van der Waals surface area contributed by atoms with Crippen LogP contribution in [0.5, 0.6) is 0 Å². The fraction of sp³-hybridized carbons (Fsp3) is 0.529. The molecule has 1 saturated heterocycles. The van der Waals surface area contributed by atoms with Crippen molar-refractivity contribution in [3.63, 3.8) is 0 Å². The quantitative estimate of drug-likeness (QED) is 0.783. The van der Waals surface area contributed by atoms with Crippen LogP contribution in [0.25, 0.3) is 0 Å². The van der Waals surface area contributed by atoms with E-state index in [1.165, 1.54) is 0 Å². The number of amidine groups is 1. The second-order valence-electron chi connectivity index (χ2n) is 6.93. The number of carbonyl (C=O) groups excluding carboxylic acids is 1. The van der Waals surface area contributed by atoms with Crippen LogP contribution in [0.3, 0.4) is 0 Å². The summed E-state index contributed by atoms with van der Waals surface area (Å²) in [4.78, 5) is 14.8. The molecule has 142 valence electrons. The van der Waals surface area contributed by atoms with E-state index in [1.807, 2.05) is 4.90 Å². The third-order valence-electron chi connectivity index (χ3n) is 5.21. The number of benzene rings is 1. The largest absolute Gasteiger partial charge is 0.350 e. The van der Waals surface area contributed by atoms with Crippen molar-refractivity contribution < 1.29 is 13.2 Å². The molecule has 2 unspecified atom stereocenters. The van der Waals surface area contributed by atoms with Gasteiger partial charge in [0.05, 0.1) is 0 Å². The first kappa shape index (κ1) is 19.1. The Morgan fingerprint density at radius 1 is 1.31 bits per heavy atom. The predicted octanol–water partition coefficient (Wildman–Crippen LogP) is 0.875. The highest BCUT2D eigenvalue weighted by Gasteiger charge is 2.40. The van der Waals surface area contributed by atoms with Crippen molar-refractivity contribution in [1.29, 1.82) is 0 Å². The van der Waals surface area contributed by atoms with E-state index in [0.29, 0.717) is 36.8 Å². The molecule has 26 heavy (non-hydrogen) atoms. The van der Waals surface area contributed by atoms with Crippen LogP contribution in [0.4, 0.5) is 0 Å². The third kappa shape index (κ3) is 3.33. The first-order valence-corrected chi connectivity index (χ1v) is 10.2. The Kier molecular flexibility index (Phi) is 5.28. The van der Waals surface area contributed by atoms with Crippen molar-refractivity contribution in [1.82, 2.24) is 10.2 Å². The maximum absolute atomic E-state index is 12.8. The van der Waals surface area contributed by atoms with Gasteiger partial charge < -0.3 is 16.0 Å². The fourth-order valence-corrected chi connectivity index (χ4v) is 4.95. The molecule has 1 aromatic rings. The number of likely N-dealkylation sites (tertiary alicyclic amines) is 1. The van der Waals surface area contributed by atoms with Gasteiger partial charge in [-0.25, -0.2) is 0 Å².